The molecule has 396 valence electrons. The molecule has 0 heterocycles. The molecule has 0 radical (unpaired) electrons. The topological polar surface area (TPSA) is 78.9 Å². The fourth-order valence-corrected chi connectivity index (χ4v) is 8.61. The summed E-state index contributed by atoms with van der Waals surface area (Å²) < 4.78 is 16.8. The molecule has 0 fully saturated rings. The number of allylic oxidation sites excluding steroid dienone is 8. The summed E-state index contributed by atoms with van der Waals surface area (Å²) in [5.41, 5.74) is 0. The largest absolute Gasteiger partial charge is 0.462 e. The minimum absolute atomic E-state index is 0.0902. The summed E-state index contributed by atoms with van der Waals surface area (Å²) in [6.07, 6.45) is 69.6. The first-order chi connectivity index (χ1) is 33.5. The van der Waals surface area contributed by atoms with E-state index >= 15 is 0 Å². The summed E-state index contributed by atoms with van der Waals surface area (Å²) in [4.78, 5) is 38.2. The standard InChI is InChI=1S/C62H112O6/c1-4-7-10-13-16-19-22-25-28-30-32-34-37-40-43-46-49-52-55-61(64)67-58-59(57-66-60(63)54-51-48-45-42-39-36-33-27-24-21-18-15-12-9-6-3)68-62(65)56-53-50-47-44-41-38-35-31-29-26-23-20-17-14-11-8-5-2/h17,20,26,29,35,38,44,47,59H,4-16,18-19,21-25,27-28,30-34,36-37,39-43,45-46,48-58H2,1-3H3/b20-17+,29-26+,38-35+,47-44+/t59-/m1/s1. The van der Waals surface area contributed by atoms with Crippen LogP contribution in [0.5, 0.6) is 0 Å². The smallest absolute Gasteiger partial charge is 0.306 e. The fourth-order valence-electron chi connectivity index (χ4n) is 8.61. The molecule has 0 spiro atoms. The van der Waals surface area contributed by atoms with Crippen molar-refractivity contribution in [2.24, 2.45) is 0 Å². The lowest BCUT2D eigenvalue weighted by Gasteiger charge is -2.18. The van der Waals surface area contributed by atoms with E-state index in [-0.39, 0.29) is 37.5 Å². The van der Waals surface area contributed by atoms with Gasteiger partial charge in [0.05, 0.1) is 0 Å². The number of esters is 3. The van der Waals surface area contributed by atoms with Gasteiger partial charge in [0.2, 0.25) is 0 Å². The van der Waals surface area contributed by atoms with Crippen LogP contribution in [0.2, 0.25) is 0 Å². The minimum atomic E-state index is -0.798. The van der Waals surface area contributed by atoms with Crippen molar-refractivity contribution in [1.29, 1.82) is 0 Å². The zero-order valence-electron chi connectivity index (χ0n) is 45.4. The number of hydrogen-bond acceptors (Lipinski definition) is 6. The summed E-state index contributed by atoms with van der Waals surface area (Å²) in [7, 11) is 0. The SMILES string of the molecule is CCCCC/C=C/C/C=C/C/C=C/C/C=C/CCCC(=O)O[C@H](COC(=O)CCCCCCCCCCCCCCCCC)COC(=O)CCCCCCCCCCCCCCCCCCCC. The van der Waals surface area contributed by atoms with Crippen LogP contribution in [0.25, 0.3) is 0 Å². The Morgan fingerprint density at radius 2 is 0.544 bits per heavy atom. The van der Waals surface area contributed by atoms with Gasteiger partial charge in [0.15, 0.2) is 6.10 Å². The van der Waals surface area contributed by atoms with E-state index in [0.717, 1.165) is 64.2 Å². The number of rotatable bonds is 54. The number of ether oxygens (including phenoxy) is 3. The summed E-state index contributed by atoms with van der Waals surface area (Å²) in [6.45, 7) is 6.61. The van der Waals surface area contributed by atoms with Gasteiger partial charge in [-0.1, -0.05) is 281 Å². The third-order valence-electron chi connectivity index (χ3n) is 13.1. The number of hydrogen-bond donors (Lipinski definition) is 0. The molecule has 0 saturated heterocycles. The molecule has 0 bridgehead atoms. The molecule has 6 nitrogen and oxygen atoms in total. The van der Waals surface area contributed by atoms with Crippen LogP contribution >= 0.6 is 0 Å². The van der Waals surface area contributed by atoms with Crippen molar-refractivity contribution in [2.75, 3.05) is 13.2 Å². The second-order valence-electron chi connectivity index (χ2n) is 19.9. The highest BCUT2D eigenvalue weighted by Crippen LogP contribution is 2.17. The molecule has 1 atom stereocenters. The maximum Gasteiger partial charge on any atom is 0.306 e. The van der Waals surface area contributed by atoms with Gasteiger partial charge >= 0.3 is 17.9 Å². The first-order valence-electron chi connectivity index (χ1n) is 29.6. The number of carbonyl (C=O) groups excluding carboxylic acids is 3. The van der Waals surface area contributed by atoms with Crippen molar-refractivity contribution >= 4 is 17.9 Å². The summed E-state index contributed by atoms with van der Waals surface area (Å²) in [5, 5.41) is 0. The predicted molar refractivity (Wildman–Crippen MR) is 293 cm³/mol. The Kier molecular flexibility index (Phi) is 54.8. The molecule has 6 heteroatoms. The van der Waals surface area contributed by atoms with E-state index in [1.807, 2.05) is 0 Å². The van der Waals surface area contributed by atoms with Gasteiger partial charge in [0.1, 0.15) is 13.2 Å². The monoisotopic (exact) mass is 953 g/mol. The zero-order chi connectivity index (χ0) is 49.3. The maximum absolute atomic E-state index is 12.8. The van der Waals surface area contributed by atoms with Crippen LogP contribution in [0.3, 0.4) is 0 Å². The molecule has 0 unspecified atom stereocenters. The molecule has 0 amide bonds. The minimum Gasteiger partial charge on any atom is -0.462 e. The van der Waals surface area contributed by atoms with Crippen molar-refractivity contribution in [3.63, 3.8) is 0 Å². The summed E-state index contributed by atoms with van der Waals surface area (Å²) in [5.74, 6) is -0.928. The van der Waals surface area contributed by atoms with Crippen LogP contribution in [-0.4, -0.2) is 37.2 Å². The van der Waals surface area contributed by atoms with Crippen molar-refractivity contribution in [3.05, 3.63) is 48.6 Å². The average molecular weight is 954 g/mol. The van der Waals surface area contributed by atoms with E-state index in [2.05, 4.69) is 69.4 Å². The second-order valence-corrected chi connectivity index (χ2v) is 19.9. The summed E-state index contributed by atoms with van der Waals surface area (Å²) >= 11 is 0. The Hall–Kier alpha value is -2.63. The molecular formula is C62H112O6. The van der Waals surface area contributed by atoms with Crippen LogP contribution in [0, 0.1) is 0 Å². The lowest BCUT2D eigenvalue weighted by Crippen LogP contribution is -2.30. The molecule has 0 N–H and O–H groups in total. The Morgan fingerprint density at radius 3 is 0.868 bits per heavy atom. The van der Waals surface area contributed by atoms with Gasteiger partial charge in [-0.25, -0.2) is 0 Å². The Labute approximate surface area is 422 Å². The van der Waals surface area contributed by atoms with Crippen LogP contribution in [0.4, 0.5) is 0 Å². The summed E-state index contributed by atoms with van der Waals surface area (Å²) in [6, 6.07) is 0. The first kappa shape index (κ1) is 65.4. The van der Waals surface area contributed by atoms with Crippen molar-refractivity contribution < 1.29 is 28.6 Å². The third-order valence-corrected chi connectivity index (χ3v) is 13.1. The third kappa shape index (κ3) is 54.3. The number of unbranched alkanes of at least 4 members (excludes halogenated alkanes) is 35. The van der Waals surface area contributed by atoms with Gasteiger partial charge in [-0.15, -0.1) is 0 Å². The molecule has 0 rings (SSSR count). The van der Waals surface area contributed by atoms with Crippen molar-refractivity contribution in [3.8, 4) is 0 Å². The molecular weight excluding hydrogens is 841 g/mol. The van der Waals surface area contributed by atoms with E-state index in [9.17, 15) is 14.4 Å². The lowest BCUT2D eigenvalue weighted by atomic mass is 10.0. The van der Waals surface area contributed by atoms with E-state index in [0.29, 0.717) is 19.3 Å². The highest BCUT2D eigenvalue weighted by Gasteiger charge is 2.19. The molecule has 0 aliphatic heterocycles. The molecule has 68 heavy (non-hydrogen) atoms. The Bertz CT molecular complexity index is 1190. The average Bonchev–Trinajstić information content (AvgIpc) is 3.34. The van der Waals surface area contributed by atoms with Crippen LogP contribution in [0.15, 0.2) is 48.6 Å². The lowest BCUT2D eigenvalue weighted by molar-refractivity contribution is -0.167. The molecule has 0 aliphatic rings. The normalized spacial score (nSPS) is 12.3. The predicted octanol–water partition coefficient (Wildman–Crippen LogP) is 19.8. The van der Waals surface area contributed by atoms with Crippen LogP contribution in [-0.2, 0) is 28.6 Å². The van der Waals surface area contributed by atoms with Gasteiger partial charge in [-0.3, -0.25) is 14.4 Å². The van der Waals surface area contributed by atoms with Gasteiger partial charge < -0.3 is 14.2 Å². The van der Waals surface area contributed by atoms with Crippen molar-refractivity contribution in [2.45, 2.75) is 316 Å². The molecule has 0 aromatic heterocycles. The molecule has 0 saturated carbocycles. The van der Waals surface area contributed by atoms with E-state index in [1.54, 1.807) is 0 Å². The Balaban J connectivity index is 4.41. The van der Waals surface area contributed by atoms with Crippen molar-refractivity contribution in [1.82, 2.24) is 0 Å². The second kappa shape index (κ2) is 57.0. The highest BCUT2D eigenvalue weighted by atomic mass is 16.6. The Morgan fingerprint density at radius 1 is 0.294 bits per heavy atom. The highest BCUT2D eigenvalue weighted by molar-refractivity contribution is 5.71. The van der Waals surface area contributed by atoms with Gasteiger partial charge in [-0.2, -0.15) is 0 Å². The van der Waals surface area contributed by atoms with Gasteiger partial charge in [0, 0.05) is 19.3 Å². The molecule has 0 aromatic carbocycles. The van der Waals surface area contributed by atoms with Gasteiger partial charge in [-0.05, 0) is 57.8 Å². The van der Waals surface area contributed by atoms with E-state index in [1.165, 1.54) is 199 Å². The zero-order valence-corrected chi connectivity index (χ0v) is 45.4. The van der Waals surface area contributed by atoms with Crippen LogP contribution in [0.1, 0.15) is 310 Å². The first-order valence-corrected chi connectivity index (χ1v) is 29.6. The maximum atomic E-state index is 12.8. The van der Waals surface area contributed by atoms with E-state index in [4.69, 9.17) is 14.2 Å². The van der Waals surface area contributed by atoms with Gasteiger partial charge in [0.25, 0.3) is 0 Å². The van der Waals surface area contributed by atoms with E-state index < -0.39 is 6.10 Å². The number of carbonyl (C=O) groups is 3. The quantitative estimate of drug-likeness (QED) is 0.0262. The molecule has 0 aliphatic carbocycles. The fraction of sp³-hybridized carbons (Fsp3) is 0.823. The van der Waals surface area contributed by atoms with Crippen LogP contribution < -0.4 is 0 Å². The molecule has 0 aromatic rings.